The molecule has 7 nitrogen and oxygen atoms in total. The zero-order valence-corrected chi connectivity index (χ0v) is 15.4. The zero-order chi connectivity index (χ0) is 17.1. The van der Waals surface area contributed by atoms with Gasteiger partial charge in [0.25, 0.3) is 5.91 Å². The number of aromatic amines is 1. The summed E-state index contributed by atoms with van der Waals surface area (Å²) in [5.74, 6) is 0.0928. The average Bonchev–Trinajstić information content (AvgIpc) is 3.22. The number of aromatic nitrogens is 4. The Kier molecular flexibility index (Phi) is 5.35. The molecule has 130 valence electrons. The van der Waals surface area contributed by atoms with Gasteiger partial charge in [-0.25, -0.2) is 4.98 Å². The van der Waals surface area contributed by atoms with E-state index in [2.05, 4.69) is 37.3 Å². The lowest BCUT2D eigenvalue weighted by molar-refractivity contribution is 0.0921. The number of rotatable bonds is 5. The monoisotopic (exact) mass is 368 g/mol. The molecule has 24 heavy (non-hydrogen) atoms. The van der Waals surface area contributed by atoms with E-state index < -0.39 is 0 Å². The summed E-state index contributed by atoms with van der Waals surface area (Å²) < 4.78 is 0. The van der Waals surface area contributed by atoms with E-state index in [4.69, 9.17) is 11.6 Å². The Bertz CT molecular complexity index is 707. The Hall–Kier alpha value is -1.67. The number of hydrogen-bond acceptors (Lipinski definition) is 6. The van der Waals surface area contributed by atoms with Gasteiger partial charge >= 0.3 is 0 Å². The quantitative estimate of drug-likeness (QED) is 0.846. The van der Waals surface area contributed by atoms with Crippen LogP contribution in [0, 0.1) is 0 Å². The first-order valence-electron chi connectivity index (χ1n) is 8.23. The minimum atomic E-state index is -0.195. The Morgan fingerprint density at radius 3 is 2.67 bits per heavy atom. The van der Waals surface area contributed by atoms with Crippen LogP contribution in [0.5, 0.6) is 0 Å². The highest BCUT2D eigenvalue weighted by Gasteiger charge is 2.24. The van der Waals surface area contributed by atoms with Crippen LogP contribution in [0.1, 0.15) is 48.0 Å². The van der Waals surface area contributed by atoms with Crippen molar-refractivity contribution in [1.82, 2.24) is 25.5 Å². The highest BCUT2D eigenvalue weighted by Crippen LogP contribution is 2.24. The third-order valence-electron chi connectivity index (χ3n) is 4.16. The van der Waals surface area contributed by atoms with E-state index in [0.29, 0.717) is 5.15 Å². The van der Waals surface area contributed by atoms with Crippen LogP contribution in [0.15, 0.2) is 0 Å². The van der Waals surface area contributed by atoms with E-state index in [-0.39, 0.29) is 17.8 Å². The predicted molar refractivity (Wildman–Crippen MR) is 95.0 cm³/mol. The van der Waals surface area contributed by atoms with E-state index >= 15 is 0 Å². The normalized spacial score (nSPS) is 15.7. The number of carbonyl (C=O) groups is 1. The van der Waals surface area contributed by atoms with Gasteiger partial charge in [-0.3, -0.25) is 4.79 Å². The Morgan fingerprint density at radius 2 is 2.08 bits per heavy atom. The van der Waals surface area contributed by atoms with E-state index in [9.17, 15) is 4.79 Å². The molecular weight excluding hydrogens is 348 g/mol. The maximum Gasteiger partial charge on any atom is 0.287 e. The minimum Gasteiger partial charge on any atom is -0.347 e. The number of hydrogen-bond donors (Lipinski definition) is 2. The molecule has 9 heteroatoms. The molecule has 1 aliphatic rings. The van der Waals surface area contributed by atoms with Gasteiger partial charge in [0.1, 0.15) is 5.01 Å². The molecule has 0 bridgehead atoms. The van der Waals surface area contributed by atoms with Crippen molar-refractivity contribution in [3.05, 3.63) is 21.7 Å². The van der Waals surface area contributed by atoms with E-state index in [1.807, 2.05) is 6.92 Å². The second kappa shape index (κ2) is 7.48. The number of nitrogens with zero attached hydrogens (tertiary/aromatic N) is 4. The van der Waals surface area contributed by atoms with Gasteiger partial charge in [-0.15, -0.1) is 10.2 Å². The summed E-state index contributed by atoms with van der Waals surface area (Å²) >= 11 is 7.64. The molecule has 2 N–H and O–H groups in total. The van der Waals surface area contributed by atoms with Crippen LogP contribution < -0.4 is 10.2 Å². The number of piperidine rings is 1. The highest BCUT2D eigenvalue weighted by molar-refractivity contribution is 7.15. The molecule has 0 spiro atoms. The molecule has 1 amide bonds. The van der Waals surface area contributed by atoms with Gasteiger partial charge in [0, 0.05) is 19.1 Å². The molecule has 3 heterocycles. The number of carbonyl (C=O) groups excluding carboxylic acids is 1. The molecule has 0 aromatic carbocycles. The molecule has 2 aromatic heterocycles. The van der Waals surface area contributed by atoms with Crippen LogP contribution in [0.4, 0.5) is 5.13 Å². The van der Waals surface area contributed by atoms with Crippen LogP contribution in [-0.2, 0) is 12.8 Å². The van der Waals surface area contributed by atoms with Gasteiger partial charge in [-0.05, 0) is 25.7 Å². The number of nitrogens with one attached hydrogen (secondary N) is 2. The van der Waals surface area contributed by atoms with Crippen LogP contribution in [-0.4, -0.2) is 45.2 Å². The second-order valence-electron chi connectivity index (χ2n) is 5.78. The number of H-pyrrole nitrogens is 1. The van der Waals surface area contributed by atoms with Gasteiger partial charge in [-0.2, -0.15) is 0 Å². The van der Waals surface area contributed by atoms with Crippen molar-refractivity contribution in [2.45, 2.75) is 45.6 Å². The van der Waals surface area contributed by atoms with Crippen molar-refractivity contribution in [2.24, 2.45) is 0 Å². The lowest BCUT2D eigenvalue weighted by Crippen LogP contribution is -2.45. The summed E-state index contributed by atoms with van der Waals surface area (Å²) in [4.78, 5) is 21.6. The zero-order valence-electron chi connectivity index (χ0n) is 13.8. The van der Waals surface area contributed by atoms with Gasteiger partial charge in [0.2, 0.25) is 5.13 Å². The fraction of sp³-hybridized carbons (Fsp3) is 0.600. The fourth-order valence-corrected chi connectivity index (χ4v) is 3.81. The molecule has 0 atom stereocenters. The summed E-state index contributed by atoms with van der Waals surface area (Å²) in [6, 6.07) is 0.140. The Balaban J connectivity index is 1.53. The van der Waals surface area contributed by atoms with Crippen molar-refractivity contribution < 1.29 is 4.79 Å². The summed E-state index contributed by atoms with van der Waals surface area (Å²) in [7, 11) is 0. The molecule has 0 aliphatic carbocycles. The molecule has 1 fully saturated rings. The van der Waals surface area contributed by atoms with Crippen molar-refractivity contribution in [2.75, 3.05) is 18.0 Å². The van der Waals surface area contributed by atoms with Crippen molar-refractivity contribution >= 4 is 34.0 Å². The third kappa shape index (κ3) is 3.70. The molecule has 3 rings (SSSR count). The summed E-state index contributed by atoms with van der Waals surface area (Å²) in [6.07, 6.45) is 3.39. The van der Waals surface area contributed by atoms with Gasteiger partial charge < -0.3 is 15.2 Å². The van der Waals surface area contributed by atoms with E-state index in [1.165, 1.54) is 0 Å². The lowest BCUT2D eigenvalue weighted by atomic mass is 10.1. The van der Waals surface area contributed by atoms with Gasteiger partial charge in [0.05, 0.1) is 5.69 Å². The van der Waals surface area contributed by atoms with Gasteiger partial charge in [-0.1, -0.05) is 36.8 Å². The Morgan fingerprint density at radius 1 is 1.33 bits per heavy atom. The summed E-state index contributed by atoms with van der Waals surface area (Å²) in [6.45, 7) is 5.77. The van der Waals surface area contributed by atoms with E-state index in [0.717, 1.165) is 54.6 Å². The maximum atomic E-state index is 12.3. The highest BCUT2D eigenvalue weighted by atomic mass is 35.5. The number of amides is 1. The van der Waals surface area contributed by atoms with Crippen molar-refractivity contribution in [1.29, 1.82) is 0 Å². The average molecular weight is 369 g/mol. The minimum absolute atomic E-state index is 0.140. The first-order valence-corrected chi connectivity index (χ1v) is 9.42. The second-order valence-corrected chi connectivity index (χ2v) is 7.17. The number of aryl methyl sites for hydroxylation is 2. The molecule has 0 unspecified atom stereocenters. The Labute approximate surface area is 149 Å². The largest absolute Gasteiger partial charge is 0.347 e. The van der Waals surface area contributed by atoms with Crippen LogP contribution in [0.3, 0.4) is 0 Å². The molecule has 0 saturated carbocycles. The third-order valence-corrected chi connectivity index (χ3v) is 5.60. The van der Waals surface area contributed by atoms with E-state index in [1.54, 1.807) is 11.3 Å². The molecule has 0 radical (unpaired) electrons. The molecule has 1 aliphatic heterocycles. The maximum absolute atomic E-state index is 12.3. The van der Waals surface area contributed by atoms with Crippen LogP contribution in [0.25, 0.3) is 0 Å². The SMILES string of the molecule is CCc1nnc(N2CCC(NC(=O)c3nc(Cl)c(CC)[nH]3)CC2)s1. The summed E-state index contributed by atoms with van der Waals surface area (Å²) in [5.41, 5.74) is 0.791. The number of anilines is 1. The molecule has 2 aromatic rings. The fourth-order valence-electron chi connectivity index (χ4n) is 2.71. The summed E-state index contributed by atoms with van der Waals surface area (Å²) in [5, 5.41) is 13.9. The van der Waals surface area contributed by atoms with Crippen molar-refractivity contribution in [3.8, 4) is 0 Å². The predicted octanol–water partition coefficient (Wildman–Crippen LogP) is 2.44. The molecular formula is C15H21ClN6OS. The van der Waals surface area contributed by atoms with Crippen LogP contribution >= 0.6 is 22.9 Å². The first kappa shape index (κ1) is 17.2. The number of halogens is 1. The number of imidazole rings is 1. The first-order chi connectivity index (χ1) is 11.6. The van der Waals surface area contributed by atoms with Crippen LogP contribution in [0.2, 0.25) is 5.15 Å². The van der Waals surface area contributed by atoms with Crippen molar-refractivity contribution in [3.63, 3.8) is 0 Å². The topological polar surface area (TPSA) is 86.8 Å². The standard InChI is InChI=1S/C15H21ClN6OS/c1-3-10-12(16)19-13(18-10)14(23)17-9-5-7-22(8-6-9)15-21-20-11(4-2)24-15/h9H,3-8H2,1-2H3,(H,17,23)(H,18,19). The smallest absolute Gasteiger partial charge is 0.287 e. The molecule has 1 saturated heterocycles. The lowest BCUT2D eigenvalue weighted by Gasteiger charge is -2.31. The van der Waals surface area contributed by atoms with Gasteiger partial charge in [0.15, 0.2) is 11.0 Å².